The van der Waals surface area contributed by atoms with E-state index in [4.69, 9.17) is 11.6 Å². The summed E-state index contributed by atoms with van der Waals surface area (Å²) in [5.74, 6) is -0.473. The van der Waals surface area contributed by atoms with Gasteiger partial charge in [-0.25, -0.2) is 0 Å². The molecule has 24 heavy (non-hydrogen) atoms. The van der Waals surface area contributed by atoms with Gasteiger partial charge in [0.15, 0.2) is 13.1 Å². The highest BCUT2D eigenvalue weighted by Gasteiger charge is 2.31. The zero-order valence-electron chi connectivity index (χ0n) is 14.4. The lowest BCUT2D eigenvalue weighted by atomic mass is 9.90. The van der Waals surface area contributed by atoms with Gasteiger partial charge >= 0.3 is 0 Å². The minimum Gasteiger partial charge on any atom is -0.333 e. The van der Waals surface area contributed by atoms with Crippen LogP contribution >= 0.6 is 11.6 Å². The van der Waals surface area contributed by atoms with Gasteiger partial charge in [-0.15, -0.1) is 0 Å². The van der Waals surface area contributed by atoms with Crippen LogP contribution in [0.25, 0.3) is 0 Å². The van der Waals surface area contributed by atoms with Crippen molar-refractivity contribution in [2.24, 2.45) is 5.92 Å². The van der Waals surface area contributed by atoms with Gasteiger partial charge in [-0.05, 0) is 37.1 Å². The highest BCUT2D eigenvalue weighted by Crippen LogP contribution is 2.14. The lowest BCUT2D eigenvalue weighted by Gasteiger charge is -2.27. The number of hydrogen-bond donors (Lipinski definition) is 3. The van der Waals surface area contributed by atoms with Crippen molar-refractivity contribution in [1.29, 1.82) is 5.26 Å². The fourth-order valence-corrected chi connectivity index (χ4v) is 2.11. The Morgan fingerprint density at radius 2 is 1.79 bits per heavy atom. The average molecular weight is 352 g/mol. The van der Waals surface area contributed by atoms with Crippen LogP contribution in [0, 0.1) is 17.2 Å². The number of halogens is 1. The van der Waals surface area contributed by atoms with Crippen molar-refractivity contribution < 1.29 is 14.5 Å². The van der Waals surface area contributed by atoms with E-state index >= 15 is 0 Å². The third kappa shape index (κ3) is 6.19. The Kier molecular flexibility index (Phi) is 7.20. The van der Waals surface area contributed by atoms with Crippen molar-refractivity contribution in [2.45, 2.75) is 26.3 Å². The van der Waals surface area contributed by atoms with Crippen LogP contribution < -0.4 is 15.5 Å². The average Bonchev–Trinajstić information content (AvgIpc) is 2.48. The first kappa shape index (κ1) is 19.9. The van der Waals surface area contributed by atoms with E-state index in [1.54, 1.807) is 38.2 Å². The second-order valence-electron chi connectivity index (χ2n) is 6.38. The molecule has 0 aliphatic rings. The van der Waals surface area contributed by atoms with Crippen molar-refractivity contribution in [3.8, 4) is 6.07 Å². The van der Waals surface area contributed by atoms with Gasteiger partial charge in [-0.1, -0.05) is 25.4 Å². The SMILES string of the molecule is CC(C)[C@](C)(C#N)NC(=O)C[NH+](C)CC(=O)Nc1ccc(Cl)cc1. The van der Waals surface area contributed by atoms with E-state index < -0.39 is 5.54 Å². The van der Waals surface area contributed by atoms with Gasteiger partial charge in [0.05, 0.1) is 13.1 Å². The molecule has 0 radical (unpaired) electrons. The van der Waals surface area contributed by atoms with E-state index in [-0.39, 0.29) is 30.8 Å². The predicted molar refractivity (Wildman–Crippen MR) is 93.7 cm³/mol. The highest BCUT2D eigenvalue weighted by molar-refractivity contribution is 6.30. The van der Waals surface area contributed by atoms with Gasteiger partial charge in [0.2, 0.25) is 0 Å². The Bertz CT molecular complexity index is 624. The molecule has 7 heteroatoms. The highest BCUT2D eigenvalue weighted by atomic mass is 35.5. The largest absolute Gasteiger partial charge is 0.333 e. The van der Waals surface area contributed by atoms with E-state index in [2.05, 4.69) is 16.7 Å². The first-order valence-electron chi connectivity index (χ1n) is 7.75. The summed E-state index contributed by atoms with van der Waals surface area (Å²) in [7, 11) is 1.75. The molecule has 0 fully saturated rings. The van der Waals surface area contributed by atoms with E-state index in [0.29, 0.717) is 10.7 Å². The monoisotopic (exact) mass is 351 g/mol. The Labute approximate surface area is 147 Å². The number of nitrogens with one attached hydrogen (secondary N) is 3. The summed E-state index contributed by atoms with van der Waals surface area (Å²) in [6.45, 7) is 5.69. The molecule has 0 heterocycles. The Balaban J connectivity index is 2.49. The second-order valence-corrected chi connectivity index (χ2v) is 6.82. The van der Waals surface area contributed by atoms with Crippen LogP contribution in [0.1, 0.15) is 20.8 Å². The normalized spacial score (nSPS) is 14.4. The lowest BCUT2D eigenvalue weighted by molar-refractivity contribution is -0.862. The summed E-state index contributed by atoms with van der Waals surface area (Å²) in [6.07, 6.45) is 0. The maximum atomic E-state index is 12.1. The molecular weight excluding hydrogens is 328 g/mol. The fourth-order valence-electron chi connectivity index (χ4n) is 1.98. The number of nitriles is 1. The van der Waals surface area contributed by atoms with E-state index in [0.717, 1.165) is 4.90 Å². The molecule has 0 aromatic heterocycles. The molecule has 0 saturated carbocycles. The second kappa shape index (κ2) is 8.67. The Hall–Kier alpha value is -2.10. The number of likely N-dealkylation sites (N-methyl/N-ethyl adjacent to an activating group) is 1. The maximum absolute atomic E-state index is 12.1. The van der Waals surface area contributed by atoms with E-state index in [1.807, 2.05) is 13.8 Å². The van der Waals surface area contributed by atoms with E-state index in [1.165, 1.54) is 0 Å². The smallest absolute Gasteiger partial charge is 0.279 e. The van der Waals surface area contributed by atoms with Crippen molar-refractivity contribution >= 4 is 29.1 Å². The number of rotatable bonds is 7. The van der Waals surface area contributed by atoms with Gasteiger partial charge in [0.25, 0.3) is 11.8 Å². The number of hydrogen-bond acceptors (Lipinski definition) is 3. The lowest BCUT2D eigenvalue weighted by Crippen LogP contribution is -3.11. The maximum Gasteiger partial charge on any atom is 0.279 e. The molecule has 0 aliphatic heterocycles. The van der Waals surface area contributed by atoms with Crippen LogP contribution in [0.3, 0.4) is 0 Å². The molecular formula is C17H24ClN4O2+. The zero-order valence-corrected chi connectivity index (χ0v) is 15.2. The summed E-state index contributed by atoms with van der Waals surface area (Å²) in [5, 5.41) is 15.3. The van der Waals surface area contributed by atoms with Crippen LogP contribution in [0.2, 0.25) is 5.02 Å². The topological polar surface area (TPSA) is 86.4 Å². The summed E-state index contributed by atoms with van der Waals surface area (Å²) < 4.78 is 0. The quantitative estimate of drug-likeness (QED) is 0.680. The molecule has 0 saturated heterocycles. The minimum absolute atomic E-state index is 0.0139. The van der Waals surface area contributed by atoms with Crippen molar-refractivity contribution in [2.75, 3.05) is 25.5 Å². The molecule has 1 aromatic carbocycles. The molecule has 1 aromatic rings. The van der Waals surface area contributed by atoms with Crippen molar-refractivity contribution in [3.05, 3.63) is 29.3 Å². The number of nitrogens with zero attached hydrogens (tertiary/aromatic N) is 1. The standard InChI is InChI=1S/C17H23ClN4O2/c1-12(2)17(3,11-19)21-16(24)10-22(4)9-15(23)20-14-7-5-13(18)6-8-14/h5-8,12H,9-10H2,1-4H3,(H,20,23)(H,21,24)/p+1/t17-/m0/s1. The number of carbonyl (C=O) groups excluding carboxylic acids is 2. The van der Waals surface area contributed by atoms with Crippen LogP contribution in [-0.4, -0.2) is 37.5 Å². The number of anilines is 1. The third-order valence-corrected chi connectivity index (χ3v) is 4.09. The van der Waals surface area contributed by atoms with Gasteiger partial charge in [-0.2, -0.15) is 5.26 Å². The molecule has 130 valence electrons. The number of quaternary nitrogens is 1. The first-order chi connectivity index (χ1) is 11.2. The summed E-state index contributed by atoms with van der Waals surface area (Å²) in [4.78, 5) is 24.8. The summed E-state index contributed by atoms with van der Waals surface area (Å²) >= 11 is 5.79. The zero-order chi connectivity index (χ0) is 18.3. The Morgan fingerprint density at radius 1 is 1.25 bits per heavy atom. The van der Waals surface area contributed by atoms with Gasteiger partial charge < -0.3 is 15.5 Å². The summed E-state index contributed by atoms with van der Waals surface area (Å²) in [5.41, 5.74) is -0.262. The molecule has 1 rings (SSSR count). The molecule has 0 bridgehead atoms. The first-order valence-corrected chi connectivity index (χ1v) is 8.13. The van der Waals surface area contributed by atoms with Gasteiger partial charge in [-0.3, -0.25) is 9.59 Å². The number of benzene rings is 1. The summed E-state index contributed by atoms with van der Waals surface area (Å²) in [6, 6.07) is 8.93. The van der Waals surface area contributed by atoms with Crippen molar-refractivity contribution in [1.82, 2.24) is 5.32 Å². The molecule has 2 amide bonds. The predicted octanol–water partition coefficient (Wildman–Crippen LogP) is 0.848. The number of carbonyl (C=O) groups is 2. The Morgan fingerprint density at radius 3 is 2.29 bits per heavy atom. The van der Waals surface area contributed by atoms with Crippen LogP contribution in [0.4, 0.5) is 5.69 Å². The molecule has 3 N–H and O–H groups in total. The molecule has 6 nitrogen and oxygen atoms in total. The minimum atomic E-state index is -0.914. The fraction of sp³-hybridized carbons (Fsp3) is 0.471. The van der Waals surface area contributed by atoms with Crippen molar-refractivity contribution in [3.63, 3.8) is 0 Å². The molecule has 2 atom stereocenters. The van der Waals surface area contributed by atoms with Crippen LogP contribution in [0.15, 0.2) is 24.3 Å². The van der Waals surface area contributed by atoms with E-state index in [9.17, 15) is 14.9 Å². The molecule has 0 spiro atoms. The van der Waals surface area contributed by atoms with Crippen LogP contribution in [-0.2, 0) is 9.59 Å². The van der Waals surface area contributed by atoms with Gasteiger partial charge in [0, 0.05) is 10.7 Å². The number of amides is 2. The molecule has 1 unspecified atom stereocenters. The van der Waals surface area contributed by atoms with Crippen LogP contribution in [0.5, 0.6) is 0 Å². The van der Waals surface area contributed by atoms with Gasteiger partial charge in [0.1, 0.15) is 5.54 Å². The third-order valence-electron chi connectivity index (χ3n) is 3.84. The molecule has 0 aliphatic carbocycles.